The van der Waals surface area contributed by atoms with E-state index < -0.39 is 6.04 Å². The fourth-order valence-electron chi connectivity index (χ4n) is 1.62. The Balaban J connectivity index is 2.12. The molecule has 0 bridgehead atoms. The van der Waals surface area contributed by atoms with Gasteiger partial charge in [0.05, 0.1) is 0 Å². The van der Waals surface area contributed by atoms with Crippen molar-refractivity contribution in [3.05, 3.63) is 59.8 Å². The van der Waals surface area contributed by atoms with E-state index in [1.807, 2.05) is 49.4 Å². The highest BCUT2D eigenvalue weighted by Crippen LogP contribution is 2.14. The van der Waals surface area contributed by atoms with Gasteiger partial charge < -0.3 is 11.1 Å². The first-order chi connectivity index (χ1) is 8.68. The number of carbonyl (C=O) groups excluding carboxylic acids is 1. The first kappa shape index (κ1) is 12.3. The maximum atomic E-state index is 12.0. The van der Waals surface area contributed by atoms with Gasteiger partial charge in [-0.1, -0.05) is 36.4 Å². The van der Waals surface area contributed by atoms with Crippen LogP contribution in [0.2, 0.25) is 0 Å². The molecule has 2 rings (SSSR count). The number of nitrogens with one attached hydrogen (secondary N) is 1. The van der Waals surface area contributed by atoms with E-state index in [-0.39, 0.29) is 5.91 Å². The van der Waals surface area contributed by atoms with Crippen LogP contribution in [-0.4, -0.2) is 10.9 Å². The van der Waals surface area contributed by atoms with Crippen LogP contribution < -0.4 is 11.1 Å². The van der Waals surface area contributed by atoms with Crippen molar-refractivity contribution in [2.75, 3.05) is 5.32 Å². The van der Waals surface area contributed by atoms with E-state index in [9.17, 15) is 4.79 Å². The van der Waals surface area contributed by atoms with Crippen LogP contribution in [0.4, 0.5) is 5.82 Å². The lowest BCUT2D eigenvalue weighted by atomic mass is 10.1. The van der Waals surface area contributed by atoms with E-state index >= 15 is 0 Å². The molecule has 0 spiro atoms. The van der Waals surface area contributed by atoms with Crippen molar-refractivity contribution >= 4 is 11.7 Å². The van der Waals surface area contributed by atoms with Gasteiger partial charge in [-0.3, -0.25) is 4.79 Å². The van der Waals surface area contributed by atoms with Crippen LogP contribution in [-0.2, 0) is 4.79 Å². The largest absolute Gasteiger partial charge is 0.316 e. The molecule has 1 aromatic heterocycles. The Labute approximate surface area is 106 Å². The molecule has 4 heteroatoms. The minimum absolute atomic E-state index is 0.261. The summed E-state index contributed by atoms with van der Waals surface area (Å²) in [5, 5.41) is 2.73. The second-order valence-corrected chi connectivity index (χ2v) is 4.05. The summed E-state index contributed by atoms with van der Waals surface area (Å²) >= 11 is 0. The number of hydrogen-bond donors (Lipinski definition) is 2. The number of pyridine rings is 1. The van der Waals surface area contributed by atoms with Crippen LogP contribution in [0, 0.1) is 6.92 Å². The summed E-state index contributed by atoms with van der Waals surface area (Å²) in [7, 11) is 0. The lowest BCUT2D eigenvalue weighted by molar-refractivity contribution is -0.117. The van der Waals surface area contributed by atoms with E-state index in [0.717, 1.165) is 11.1 Å². The molecule has 0 unspecified atom stereocenters. The van der Waals surface area contributed by atoms with Crippen LogP contribution >= 0.6 is 0 Å². The van der Waals surface area contributed by atoms with Crippen LogP contribution in [0.15, 0.2) is 48.7 Å². The highest BCUT2D eigenvalue weighted by atomic mass is 16.2. The van der Waals surface area contributed by atoms with Crippen molar-refractivity contribution in [2.45, 2.75) is 13.0 Å². The zero-order valence-corrected chi connectivity index (χ0v) is 10.1. The second kappa shape index (κ2) is 5.42. The molecule has 3 N–H and O–H groups in total. The molecule has 18 heavy (non-hydrogen) atoms. The molecule has 4 nitrogen and oxygen atoms in total. The summed E-state index contributed by atoms with van der Waals surface area (Å²) < 4.78 is 0. The van der Waals surface area contributed by atoms with Crippen LogP contribution in [0.3, 0.4) is 0 Å². The lowest BCUT2D eigenvalue weighted by Crippen LogP contribution is -2.28. The molecule has 0 saturated heterocycles. The fourth-order valence-corrected chi connectivity index (χ4v) is 1.62. The van der Waals surface area contributed by atoms with Gasteiger partial charge in [-0.25, -0.2) is 4.98 Å². The van der Waals surface area contributed by atoms with Crippen molar-refractivity contribution < 1.29 is 4.79 Å². The number of carbonyl (C=O) groups is 1. The Bertz CT molecular complexity index is 540. The third-order valence-electron chi connectivity index (χ3n) is 2.69. The number of aromatic nitrogens is 1. The van der Waals surface area contributed by atoms with Crippen LogP contribution in [0.25, 0.3) is 0 Å². The first-order valence-corrected chi connectivity index (χ1v) is 5.71. The first-order valence-electron chi connectivity index (χ1n) is 5.71. The highest BCUT2D eigenvalue weighted by molar-refractivity contribution is 5.95. The maximum absolute atomic E-state index is 12.0. The zero-order valence-electron chi connectivity index (χ0n) is 10.1. The molecule has 0 aliphatic heterocycles. The van der Waals surface area contributed by atoms with E-state index in [2.05, 4.69) is 10.3 Å². The van der Waals surface area contributed by atoms with Gasteiger partial charge >= 0.3 is 0 Å². The van der Waals surface area contributed by atoms with Crippen LogP contribution in [0.5, 0.6) is 0 Å². The van der Waals surface area contributed by atoms with Crippen molar-refractivity contribution in [2.24, 2.45) is 5.73 Å². The summed E-state index contributed by atoms with van der Waals surface area (Å²) in [4.78, 5) is 16.1. The number of nitrogens with zero attached hydrogens (tertiary/aromatic N) is 1. The van der Waals surface area contributed by atoms with E-state index in [1.54, 1.807) is 6.20 Å². The SMILES string of the molecule is Cc1cccnc1NC(=O)[C@@H](N)c1ccccc1. The summed E-state index contributed by atoms with van der Waals surface area (Å²) in [6, 6.07) is 12.3. The van der Waals surface area contributed by atoms with Crippen molar-refractivity contribution in [3.63, 3.8) is 0 Å². The quantitative estimate of drug-likeness (QED) is 0.864. The second-order valence-electron chi connectivity index (χ2n) is 4.05. The highest BCUT2D eigenvalue weighted by Gasteiger charge is 2.16. The summed E-state index contributed by atoms with van der Waals surface area (Å²) in [5.41, 5.74) is 7.59. The molecule has 92 valence electrons. The van der Waals surface area contributed by atoms with Gasteiger partial charge in [0.15, 0.2) is 0 Å². The monoisotopic (exact) mass is 241 g/mol. The number of nitrogens with two attached hydrogens (primary N) is 1. The average Bonchev–Trinajstić information content (AvgIpc) is 2.41. The molecule has 1 heterocycles. The predicted octanol–water partition coefficient (Wildman–Crippen LogP) is 2.03. The molecular weight excluding hydrogens is 226 g/mol. The Morgan fingerprint density at radius 3 is 2.61 bits per heavy atom. The predicted molar refractivity (Wildman–Crippen MR) is 71.0 cm³/mol. The number of anilines is 1. The van der Waals surface area contributed by atoms with E-state index in [4.69, 9.17) is 5.73 Å². The Morgan fingerprint density at radius 1 is 1.22 bits per heavy atom. The van der Waals surface area contributed by atoms with Crippen LogP contribution in [0.1, 0.15) is 17.2 Å². The standard InChI is InChI=1S/C14H15N3O/c1-10-6-5-9-16-13(10)17-14(18)12(15)11-7-3-2-4-8-11/h2-9,12H,15H2,1H3,(H,16,17,18)/t12-/m0/s1. The topological polar surface area (TPSA) is 68.0 Å². The van der Waals surface area contributed by atoms with Crippen molar-refractivity contribution in [1.29, 1.82) is 0 Å². The van der Waals surface area contributed by atoms with Gasteiger partial charge in [0, 0.05) is 6.20 Å². The van der Waals surface area contributed by atoms with Gasteiger partial charge in [-0.15, -0.1) is 0 Å². The van der Waals surface area contributed by atoms with E-state index in [0.29, 0.717) is 5.82 Å². The summed E-state index contributed by atoms with van der Waals surface area (Å²) in [5.74, 6) is 0.289. The lowest BCUT2D eigenvalue weighted by Gasteiger charge is -2.13. The summed E-state index contributed by atoms with van der Waals surface area (Å²) in [6.45, 7) is 1.89. The Kier molecular flexibility index (Phi) is 3.69. The molecule has 1 amide bonds. The zero-order chi connectivity index (χ0) is 13.0. The molecule has 1 aromatic carbocycles. The molecule has 0 fully saturated rings. The van der Waals surface area contributed by atoms with Gasteiger partial charge in [0.25, 0.3) is 0 Å². The number of hydrogen-bond acceptors (Lipinski definition) is 3. The summed E-state index contributed by atoms with van der Waals surface area (Å²) in [6.07, 6.45) is 1.64. The minimum Gasteiger partial charge on any atom is -0.316 e. The minimum atomic E-state index is -0.687. The third-order valence-corrected chi connectivity index (χ3v) is 2.69. The molecule has 1 atom stereocenters. The van der Waals surface area contributed by atoms with Gasteiger partial charge in [-0.2, -0.15) is 0 Å². The van der Waals surface area contributed by atoms with Gasteiger partial charge in [0.1, 0.15) is 11.9 Å². The van der Waals surface area contributed by atoms with Gasteiger partial charge in [-0.05, 0) is 24.1 Å². The number of rotatable bonds is 3. The third kappa shape index (κ3) is 2.73. The average molecular weight is 241 g/mol. The number of amides is 1. The Morgan fingerprint density at radius 2 is 1.94 bits per heavy atom. The maximum Gasteiger partial charge on any atom is 0.247 e. The van der Waals surface area contributed by atoms with Crippen molar-refractivity contribution in [1.82, 2.24) is 4.98 Å². The van der Waals surface area contributed by atoms with E-state index in [1.165, 1.54) is 0 Å². The molecule has 0 aliphatic carbocycles. The van der Waals surface area contributed by atoms with Crippen molar-refractivity contribution in [3.8, 4) is 0 Å². The molecule has 0 aliphatic rings. The smallest absolute Gasteiger partial charge is 0.247 e. The van der Waals surface area contributed by atoms with Gasteiger partial charge in [0.2, 0.25) is 5.91 Å². The number of benzene rings is 1. The molecule has 2 aromatic rings. The normalized spacial score (nSPS) is 11.9. The number of aryl methyl sites for hydroxylation is 1. The molecular formula is C14H15N3O. The Hall–Kier alpha value is -2.20. The molecule has 0 saturated carbocycles. The fraction of sp³-hybridized carbons (Fsp3) is 0.143. The molecule has 0 radical (unpaired) electrons.